The lowest BCUT2D eigenvalue weighted by molar-refractivity contribution is -0.931. The van der Waals surface area contributed by atoms with Gasteiger partial charge in [-0.2, -0.15) is 0 Å². The number of nitrogens with one attached hydrogen (secondary N) is 3. The fraction of sp³-hybridized carbons (Fsp3) is 0.667. The summed E-state index contributed by atoms with van der Waals surface area (Å²) in [5.41, 5.74) is 0. The summed E-state index contributed by atoms with van der Waals surface area (Å²) in [6, 6.07) is 4.29. The summed E-state index contributed by atoms with van der Waals surface area (Å²) in [6.07, 6.45) is 7.86. The molecule has 0 bridgehead atoms. The van der Waals surface area contributed by atoms with Gasteiger partial charge >= 0.3 is 6.03 Å². The van der Waals surface area contributed by atoms with E-state index in [0.717, 1.165) is 45.1 Å². The van der Waals surface area contributed by atoms with Gasteiger partial charge in [-0.1, -0.05) is 25.3 Å². The Morgan fingerprint density at radius 1 is 1.21 bits per heavy atom. The quantitative estimate of drug-likeness (QED) is 0.778. The molecule has 1 saturated heterocycles. The van der Waals surface area contributed by atoms with Gasteiger partial charge < -0.3 is 10.2 Å². The highest BCUT2D eigenvalue weighted by Gasteiger charge is 2.38. The van der Waals surface area contributed by atoms with Gasteiger partial charge in [-0.25, -0.2) is 4.79 Å². The number of rotatable bonds is 4. The Hall–Kier alpha value is -1.40. The third-order valence-corrected chi connectivity index (χ3v) is 6.41. The molecule has 1 aromatic rings. The van der Waals surface area contributed by atoms with Crippen molar-refractivity contribution in [3.8, 4) is 0 Å². The number of amides is 3. The van der Waals surface area contributed by atoms with Crippen LogP contribution in [0, 0.1) is 0 Å². The van der Waals surface area contributed by atoms with Gasteiger partial charge in [-0.3, -0.25) is 10.1 Å². The van der Waals surface area contributed by atoms with Crippen LogP contribution in [0.25, 0.3) is 0 Å². The summed E-state index contributed by atoms with van der Waals surface area (Å²) >= 11 is 1.76. The van der Waals surface area contributed by atoms with Crippen molar-refractivity contribution in [3.63, 3.8) is 0 Å². The molecule has 3 N–H and O–H groups in total. The number of quaternary nitrogens is 1. The van der Waals surface area contributed by atoms with Crippen molar-refractivity contribution >= 4 is 23.3 Å². The minimum absolute atomic E-state index is 0.165. The standard InChI is InChI=1S/C18H27N3O2S/c1-13(21-11-5-9-15(21)16-10-6-12-24-16)17(22)20-18(23)19-14-7-3-2-4-8-14/h6,10,12-15H,2-5,7-9,11H2,1H3,(H2,19,20,22,23)/p+1/t13-,15-/m1/s1. The third-order valence-electron chi connectivity index (χ3n) is 5.42. The van der Waals surface area contributed by atoms with Gasteiger partial charge in [0.2, 0.25) is 0 Å². The highest BCUT2D eigenvalue weighted by molar-refractivity contribution is 7.10. The maximum absolute atomic E-state index is 12.5. The Balaban J connectivity index is 1.53. The summed E-state index contributed by atoms with van der Waals surface area (Å²) in [7, 11) is 0. The van der Waals surface area contributed by atoms with E-state index in [9.17, 15) is 9.59 Å². The average molecular weight is 351 g/mol. The van der Waals surface area contributed by atoms with Crippen LogP contribution < -0.4 is 15.5 Å². The Labute approximate surface area is 147 Å². The first-order valence-electron chi connectivity index (χ1n) is 9.15. The summed E-state index contributed by atoms with van der Waals surface area (Å²) in [4.78, 5) is 27.2. The second kappa shape index (κ2) is 8.12. The largest absolute Gasteiger partial charge is 0.335 e. The molecule has 3 amide bonds. The van der Waals surface area contributed by atoms with Crippen LogP contribution in [0.15, 0.2) is 17.5 Å². The zero-order valence-corrected chi connectivity index (χ0v) is 15.2. The SMILES string of the molecule is C[C@H](C(=O)NC(=O)NC1CCCCC1)[NH+]1CCC[C@@H]1c1cccs1. The van der Waals surface area contributed by atoms with Crippen LogP contribution in [0.3, 0.4) is 0 Å². The molecule has 1 aliphatic heterocycles. The minimum Gasteiger partial charge on any atom is -0.335 e. The second-order valence-electron chi connectivity index (χ2n) is 7.05. The topological polar surface area (TPSA) is 62.6 Å². The average Bonchev–Trinajstić information content (AvgIpc) is 3.25. The van der Waals surface area contributed by atoms with Gasteiger partial charge in [0.05, 0.1) is 11.4 Å². The van der Waals surface area contributed by atoms with Crippen LogP contribution in [-0.2, 0) is 4.79 Å². The lowest BCUT2D eigenvalue weighted by Gasteiger charge is -2.27. The molecular weight excluding hydrogens is 322 g/mol. The number of hydrogen-bond donors (Lipinski definition) is 3. The minimum atomic E-state index is -0.329. The van der Waals surface area contributed by atoms with Crippen molar-refractivity contribution in [1.82, 2.24) is 10.6 Å². The molecule has 1 unspecified atom stereocenters. The van der Waals surface area contributed by atoms with Crippen LogP contribution >= 0.6 is 11.3 Å². The molecule has 3 atom stereocenters. The fourth-order valence-corrected chi connectivity index (χ4v) is 4.96. The molecule has 132 valence electrons. The first-order chi connectivity index (χ1) is 11.6. The van der Waals surface area contributed by atoms with Gasteiger partial charge in [-0.15, -0.1) is 11.3 Å². The van der Waals surface area contributed by atoms with E-state index in [1.54, 1.807) is 11.3 Å². The molecule has 0 radical (unpaired) electrons. The van der Waals surface area contributed by atoms with E-state index in [0.29, 0.717) is 6.04 Å². The van der Waals surface area contributed by atoms with E-state index in [1.807, 2.05) is 6.92 Å². The van der Waals surface area contributed by atoms with Crippen molar-refractivity contribution in [1.29, 1.82) is 0 Å². The van der Waals surface area contributed by atoms with Crippen LogP contribution in [0.1, 0.15) is 62.8 Å². The van der Waals surface area contributed by atoms with Crippen molar-refractivity contribution < 1.29 is 14.5 Å². The molecule has 2 aliphatic rings. The molecule has 24 heavy (non-hydrogen) atoms. The van der Waals surface area contributed by atoms with E-state index in [1.165, 1.54) is 16.2 Å². The molecule has 5 nitrogen and oxygen atoms in total. The number of hydrogen-bond acceptors (Lipinski definition) is 3. The first kappa shape index (κ1) is 17.4. The van der Waals surface area contributed by atoms with Crippen LogP contribution in [0.5, 0.6) is 0 Å². The predicted octanol–water partition coefficient (Wildman–Crippen LogP) is 2.01. The van der Waals surface area contributed by atoms with Crippen molar-refractivity contribution in [3.05, 3.63) is 22.4 Å². The Bertz CT molecular complexity index is 555. The number of carbonyl (C=O) groups is 2. The summed E-state index contributed by atoms with van der Waals surface area (Å²) in [5.74, 6) is -0.165. The fourth-order valence-electron chi connectivity index (χ4n) is 4.06. The first-order valence-corrected chi connectivity index (χ1v) is 10.0. The highest BCUT2D eigenvalue weighted by atomic mass is 32.1. The van der Waals surface area contributed by atoms with Crippen molar-refractivity contribution in [2.75, 3.05) is 6.54 Å². The normalized spacial score (nSPS) is 26.0. The maximum Gasteiger partial charge on any atom is 0.321 e. The van der Waals surface area contributed by atoms with Gasteiger partial charge in [0.1, 0.15) is 6.04 Å². The lowest BCUT2D eigenvalue weighted by Crippen LogP contribution is -3.15. The van der Waals surface area contributed by atoms with E-state index in [-0.39, 0.29) is 24.0 Å². The molecule has 6 heteroatoms. The smallest absolute Gasteiger partial charge is 0.321 e. The van der Waals surface area contributed by atoms with Crippen LogP contribution in [0.2, 0.25) is 0 Å². The Kier molecular flexibility index (Phi) is 5.89. The zero-order chi connectivity index (χ0) is 16.9. The summed E-state index contributed by atoms with van der Waals surface area (Å²) in [6.45, 7) is 2.92. The molecule has 0 aromatic carbocycles. The van der Waals surface area contributed by atoms with E-state index in [2.05, 4.69) is 28.1 Å². The highest BCUT2D eigenvalue weighted by Crippen LogP contribution is 2.23. The number of thiophene rings is 1. The molecule has 1 aliphatic carbocycles. The Morgan fingerprint density at radius 3 is 2.71 bits per heavy atom. The predicted molar refractivity (Wildman–Crippen MR) is 95.1 cm³/mol. The summed E-state index contributed by atoms with van der Waals surface area (Å²) < 4.78 is 0. The maximum atomic E-state index is 12.5. The zero-order valence-electron chi connectivity index (χ0n) is 14.3. The Morgan fingerprint density at radius 2 is 2.00 bits per heavy atom. The molecule has 0 spiro atoms. The third kappa shape index (κ3) is 4.16. The number of imide groups is 1. The molecule has 3 rings (SSSR count). The van der Waals surface area contributed by atoms with Crippen molar-refractivity contribution in [2.24, 2.45) is 0 Å². The van der Waals surface area contributed by atoms with E-state index in [4.69, 9.17) is 0 Å². The van der Waals surface area contributed by atoms with Crippen LogP contribution in [-0.4, -0.2) is 30.6 Å². The van der Waals surface area contributed by atoms with Gasteiger partial charge in [-0.05, 0) is 31.2 Å². The monoisotopic (exact) mass is 350 g/mol. The molecular formula is C18H28N3O2S+. The van der Waals surface area contributed by atoms with Gasteiger partial charge in [0.15, 0.2) is 6.04 Å². The van der Waals surface area contributed by atoms with Crippen LogP contribution in [0.4, 0.5) is 4.79 Å². The second-order valence-corrected chi connectivity index (χ2v) is 8.03. The number of likely N-dealkylation sites (tertiary alicyclic amines) is 1. The molecule has 1 saturated carbocycles. The van der Waals surface area contributed by atoms with E-state index < -0.39 is 0 Å². The molecule has 1 aromatic heterocycles. The van der Waals surface area contributed by atoms with E-state index >= 15 is 0 Å². The molecule has 2 heterocycles. The number of carbonyl (C=O) groups excluding carboxylic acids is 2. The number of urea groups is 1. The van der Waals surface area contributed by atoms with Gasteiger partial charge in [0.25, 0.3) is 5.91 Å². The summed E-state index contributed by atoms with van der Waals surface area (Å²) in [5, 5.41) is 7.61. The van der Waals surface area contributed by atoms with Gasteiger partial charge in [0, 0.05) is 18.9 Å². The van der Waals surface area contributed by atoms with Crippen molar-refractivity contribution in [2.45, 2.75) is 70.0 Å². The lowest BCUT2D eigenvalue weighted by atomic mass is 9.96. The molecule has 2 fully saturated rings.